The minimum atomic E-state index is -3.72. The van der Waals surface area contributed by atoms with Gasteiger partial charge in [-0.05, 0) is 12.8 Å². The number of rotatable bonds is 5. The lowest BCUT2D eigenvalue weighted by Gasteiger charge is -2.07. The second-order valence-corrected chi connectivity index (χ2v) is 5.46. The molecule has 0 radical (unpaired) electrons. The summed E-state index contributed by atoms with van der Waals surface area (Å²) in [6.07, 6.45) is 3.85. The van der Waals surface area contributed by atoms with Crippen molar-refractivity contribution in [3.8, 4) is 0 Å². The molecule has 0 unspecified atom stereocenters. The fraction of sp³-hybridized carbons (Fsp3) is 0.400. The van der Waals surface area contributed by atoms with E-state index in [4.69, 9.17) is 0 Å². The molecule has 0 saturated carbocycles. The average molecular weight is 282 g/mol. The second-order valence-electron chi connectivity index (χ2n) is 3.78. The molecule has 2 N–H and O–H groups in total. The van der Waals surface area contributed by atoms with Crippen LogP contribution in [-0.2, 0) is 22.9 Å². The molecule has 19 heavy (non-hydrogen) atoms. The molecule has 2 aromatic rings. The molecular formula is C10H14N6O2S. The van der Waals surface area contributed by atoms with E-state index in [0.29, 0.717) is 12.8 Å². The van der Waals surface area contributed by atoms with Gasteiger partial charge in [0.1, 0.15) is 4.90 Å². The van der Waals surface area contributed by atoms with E-state index in [9.17, 15) is 8.42 Å². The molecule has 0 amide bonds. The molecule has 0 fully saturated rings. The van der Waals surface area contributed by atoms with Gasteiger partial charge in [-0.1, -0.05) is 13.8 Å². The van der Waals surface area contributed by atoms with Crippen molar-refractivity contribution in [2.75, 3.05) is 4.72 Å². The Balaban J connectivity index is 2.29. The zero-order valence-electron chi connectivity index (χ0n) is 10.6. The molecule has 0 atom stereocenters. The van der Waals surface area contributed by atoms with Crippen molar-refractivity contribution < 1.29 is 8.42 Å². The van der Waals surface area contributed by atoms with Crippen molar-refractivity contribution >= 4 is 16.0 Å². The summed E-state index contributed by atoms with van der Waals surface area (Å²) in [5, 5.41) is 13.8. The van der Waals surface area contributed by atoms with Crippen molar-refractivity contribution in [2.45, 2.75) is 31.6 Å². The lowest BCUT2D eigenvalue weighted by molar-refractivity contribution is 0.600. The van der Waals surface area contributed by atoms with Crippen molar-refractivity contribution in [3.05, 3.63) is 23.8 Å². The largest absolute Gasteiger partial charge is 0.284 e. The van der Waals surface area contributed by atoms with Gasteiger partial charge in [0.05, 0.1) is 17.6 Å². The van der Waals surface area contributed by atoms with Gasteiger partial charge in [-0.2, -0.15) is 5.10 Å². The summed E-state index contributed by atoms with van der Waals surface area (Å²) in [7, 11) is -3.72. The molecule has 0 aromatic carbocycles. The maximum atomic E-state index is 11.9. The van der Waals surface area contributed by atoms with Crippen LogP contribution < -0.4 is 4.72 Å². The Kier molecular flexibility index (Phi) is 3.74. The van der Waals surface area contributed by atoms with E-state index in [1.165, 1.54) is 12.4 Å². The van der Waals surface area contributed by atoms with Crippen LogP contribution in [0.2, 0.25) is 0 Å². The molecule has 0 bridgehead atoms. The first-order valence-corrected chi connectivity index (χ1v) is 7.29. The zero-order valence-corrected chi connectivity index (χ0v) is 11.4. The third-order valence-corrected chi connectivity index (χ3v) is 3.81. The lowest BCUT2D eigenvalue weighted by atomic mass is 10.2. The van der Waals surface area contributed by atoms with Crippen LogP contribution in [0.3, 0.4) is 0 Å². The van der Waals surface area contributed by atoms with Crippen molar-refractivity contribution in [3.63, 3.8) is 0 Å². The number of aromatic amines is 1. The predicted molar refractivity (Wildman–Crippen MR) is 68.0 cm³/mol. The van der Waals surface area contributed by atoms with E-state index in [-0.39, 0.29) is 10.8 Å². The van der Waals surface area contributed by atoms with Crippen LogP contribution in [-0.4, -0.2) is 33.8 Å². The minimum absolute atomic E-state index is 0.0220. The van der Waals surface area contributed by atoms with Crippen molar-refractivity contribution in [2.24, 2.45) is 0 Å². The number of H-pyrrole nitrogens is 1. The highest BCUT2D eigenvalue weighted by atomic mass is 32.2. The van der Waals surface area contributed by atoms with E-state index in [0.717, 1.165) is 11.4 Å². The van der Waals surface area contributed by atoms with Crippen LogP contribution in [0.1, 0.15) is 25.2 Å². The van der Waals surface area contributed by atoms with Crippen LogP contribution in [0.4, 0.5) is 5.95 Å². The Labute approximate surface area is 110 Å². The van der Waals surface area contributed by atoms with Gasteiger partial charge in [-0.3, -0.25) is 5.10 Å². The number of aryl methyl sites for hydroxylation is 2. The Hall–Kier alpha value is -2.03. The summed E-state index contributed by atoms with van der Waals surface area (Å²) in [5.41, 5.74) is 1.51. The van der Waals surface area contributed by atoms with Gasteiger partial charge >= 0.3 is 0 Å². The number of aromatic nitrogens is 5. The van der Waals surface area contributed by atoms with Crippen LogP contribution in [0.15, 0.2) is 17.3 Å². The maximum Gasteiger partial charge on any atom is 0.267 e. The molecule has 8 nitrogen and oxygen atoms in total. The van der Waals surface area contributed by atoms with E-state index >= 15 is 0 Å². The summed E-state index contributed by atoms with van der Waals surface area (Å²) in [5.74, 6) is -0.0322. The quantitative estimate of drug-likeness (QED) is 0.826. The number of nitrogens with one attached hydrogen (secondary N) is 2. The van der Waals surface area contributed by atoms with E-state index in [1.807, 2.05) is 13.8 Å². The maximum absolute atomic E-state index is 11.9. The summed E-state index contributed by atoms with van der Waals surface area (Å²) >= 11 is 0. The monoisotopic (exact) mass is 282 g/mol. The van der Waals surface area contributed by atoms with Crippen molar-refractivity contribution in [1.29, 1.82) is 0 Å². The Morgan fingerprint density at radius 1 is 1.21 bits per heavy atom. The molecule has 0 aliphatic rings. The molecule has 9 heteroatoms. The number of hydrogen-bond donors (Lipinski definition) is 2. The van der Waals surface area contributed by atoms with E-state index in [1.54, 1.807) is 0 Å². The van der Waals surface area contributed by atoms with Gasteiger partial charge in [0.25, 0.3) is 16.0 Å². The standard InChI is InChI=1S/C10H14N6O2S/c1-3-8-9(4-2)14-15-10(13-8)16-19(17,18)7-5-11-12-6-7/h5-6H,3-4H2,1-2H3,(H,11,12)(H,13,15,16). The molecule has 0 spiro atoms. The van der Waals surface area contributed by atoms with Crippen LogP contribution in [0.25, 0.3) is 0 Å². The fourth-order valence-corrected chi connectivity index (χ4v) is 2.39. The predicted octanol–water partition coefficient (Wildman–Crippen LogP) is 0.520. The molecule has 102 valence electrons. The fourth-order valence-electron chi connectivity index (χ4n) is 1.55. The van der Waals surface area contributed by atoms with Crippen LogP contribution >= 0.6 is 0 Å². The molecule has 2 heterocycles. The highest BCUT2D eigenvalue weighted by molar-refractivity contribution is 7.92. The summed E-state index contributed by atoms with van der Waals surface area (Å²) in [4.78, 5) is 4.18. The summed E-state index contributed by atoms with van der Waals surface area (Å²) in [6, 6.07) is 0. The average Bonchev–Trinajstić information content (AvgIpc) is 2.93. The van der Waals surface area contributed by atoms with Crippen LogP contribution in [0.5, 0.6) is 0 Å². The van der Waals surface area contributed by atoms with Gasteiger partial charge in [0.2, 0.25) is 0 Å². The molecule has 2 aromatic heterocycles. The van der Waals surface area contributed by atoms with Gasteiger partial charge in [0, 0.05) is 6.20 Å². The van der Waals surface area contributed by atoms with Crippen LogP contribution in [0, 0.1) is 0 Å². The molecule has 2 rings (SSSR count). The Morgan fingerprint density at radius 2 is 1.95 bits per heavy atom. The SMILES string of the molecule is CCc1nnc(NS(=O)(=O)c2cn[nH]c2)nc1CC. The second kappa shape index (κ2) is 5.31. The first kappa shape index (κ1) is 13.4. The normalized spacial score (nSPS) is 11.5. The van der Waals surface area contributed by atoms with E-state index in [2.05, 4.69) is 30.1 Å². The number of sulfonamides is 1. The first-order valence-electron chi connectivity index (χ1n) is 5.81. The highest BCUT2D eigenvalue weighted by Crippen LogP contribution is 2.12. The van der Waals surface area contributed by atoms with Gasteiger partial charge < -0.3 is 0 Å². The smallest absolute Gasteiger partial charge is 0.267 e. The van der Waals surface area contributed by atoms with Gasteiger partial charge in [-0.25, -0.2) is 18.1 Å². The Morgan fingerprint density at radius 3 is 2.53 bits per heavy atom. The van der Waals surface area contributed by atoms with Gasteiger partial charge in [0.15, 0.2) is 0 Å². The molecule has 0 saturated heterocycles. The number of anilines is 1. The third kappa shape index (κ3) is 2.87. The number of hydrogen-bond acceptors (Lipinski definition) is 6. The lowest BCUT2D eigenvalue weighted by Crippen LogP contribution is -2.16. The summed E-state index contributed by atoms with van der Waals surface area (Å²) < 4.78 is 26.1. The topological polar surface area (TPSA) is 114 Å². The Bertz CT molecular complexity index is 653. The van der Waals surface area contributed by atoms with Crippen molar-refractivity contribution in [1.82, 2.24) is 25.4 Å². The highest BCUT2D eigenvalue weighted by Gasteiger charge is 2.17. The third-order valence-electron chi connectivity index (χ3n) is 2.52. The molecule has 0 aliphatic carbocycles. The number of nitrogens with zero attached hydrogens (tertiary/aromatic N) is 4. The summed E-state index contributed by atoms with van der Waals surface area (Å²) in [6.45, 7) is 3.87. The molecule has 0 aliphatic heterocycles. The zero-order chi connectivity index (χ0) is 13.9. The molecular weight excluding hydrogens is 268 g/mol. The van der Waals surface area contributed by atoms with Gasteiger partial charge in [-0.15, -0.1) is 10.2 Å². The van der Waals surface area contributed by atoms with E-state index < -0.39 is 10.0 Å². The first-order chi connectivity index (χ1) is 9.06. The minimum Gasteiger partial charge on any atom is -0.284 e.